The number of carbonyl (C=O) groups is 2. The van der Waals surface area contributed by atoms with E-state index in [1.807, 2.05) is 61.5 Å². The minimum atomic E-state index is -0.193. The summed E-state index contributed by atoms with van der Waals surface area (Å²) in [4.78, 5) is 25.7. The monoisotopic (exact) mass is 417 g/mol. The van der Waals surface area contributed by atoms with E-state index in [1.54, 1.807) is 11.9 Å². The van der Waals surface area contributed by atoms with Crippen molar-refractivity contribution in [2.75, 3.05) is 13.6 Å². The van der Waals surface area contributed by atoms with E-state index in [9.17, 15) is 9.59 Å². The van der Waals surface area contributed by atoms with Crippen LogP contribution in [0.2, 0.25) is 0 Å². The maximum absolute atomic E-state index is 12.1. The van der Waals surface area contributed by atoms with E-state index in [0.717, 1.165) is 15.6 Å². The van der Waals surface area contributed by atoms with Crippen LogP contribution in [0, 0.1) is 0 Å². The van der Waals surface area contributed by atoms with Crippen LogP contribution in [0.1, 0.15) is 30.5 Å². The molecule has 6 heteroatoms. The lowest BCUT2D eigenvalue weighted by Gasteiger charge is -2.18. The molecule has 5 nitrogen and oxygen atoms in total. The molecule has 0 aromatic heterocycles. The third-order valence-corrected chi connectivity index (χ3v) is 4.46. The van der Waals surface area contributed by atoms with E-state index in [2.05, 4.69) is 26.6 Å². The van der Waals surface area contributed by atoms with Gasteiger partial charge in [0.15, 0.2) is 0 Å². The van der Waals surface area contributed by atoms with E-state index in [4.69, 9.17) is 0 Å². The highest BCUT2D eigenvalue weighted by molar-refractivity contribution is 9.10. The molecule has 1 unspecified atom stereocenters. The van der Waals surface area contributed by atoms with Crippen molar-refractivity contribution in [1.29, 1.82) is 0 Å². The van der Waals surface area contributed by atoms with Crippen LogP contribution < -0.4 is 10.6 Å². The molecule has 1 atom stereocenters. The van der Waals surface area contributed by atoms with Crippen LogP contribution in [0.3, 0.4) is 0 Å². The molecule has 0 spiro atoms. The van der Waals surface area contributed by atoms with Crippen LogP contribution in [0.5, 0.6) is 0 Å². The Balaban J connectivity index is 1.71. The number of benzene rings is 2. The fraction of sp³-hybridized carbons (Fsp3) is 0.300. The molecule has 2 N–H and O–H groups in total. The standard InChI is InChI=1S/C20H24BrN3O2/c1-15(17-9-6-10-18(21)13-17)23-19(25)11-12-22-20(26)24(2)14-16-7-4-3-5-8-16/h3-10,13,15H,11-12,14H2,1-2H3,(H,22,26)(H,23,25). The molecule has 0 saturated heterocycles. The van der Waals surface area contributed by atoms with Gasteiger partial charge in [-0.1, -0.05) is 58.4 Å². The van der Waals surface area contributed by atoms with Crippen molar-refractivity contribution in [2.24, 2.45) is 0 Å². The summed E-state index contributed by atoms with van der Waals surface area (Å²) < 4.78 is 0.977. The SMILES string of the molecule is CC(NC(=O)CCNC(=O)N(C)Cc1ccccc1)c1cccc(Br)c1. The Morgan fingerprint density at radius 2 is 1.85 bits per heavy atom. The summed E-state index contributed by atoms with van der Waals surface area (Å²) in [6.07, 6.45) is 0.239. The van der Waals surface area contributed by atoms with Gasteiger partial charge in [-0.05, 0) is 30.2 Å². The molecule has 26 heavy (non-hydrogen) atoms. The van der Waals surface area contributed by atoms with E-state index in [0.29, 0.717) is 13.1 Å². The molecular weight excluding hydrogens is 394 g/mol. The number of amides is 3. The summed E-state index contributed by atoms with van der Waals surface area (Å²) in [6.45, 7) is 2.76. The molecule has 0 bridgehead atoms. The Kier molecular flexibility index (Phi) is 7.66. The highest BCUT2D eigenvalue weighted by Crippen LogP contribution is 2.17. The van der Waals surface area contributed by atoms with Gasteiger partial charge in [0, 0.05) is 31.0 Å². The number of hydrogen-bond donors (Lipinski definition) is 2. The molecule has 2 rings (SSSR count). The van der Waals surface area contributed by atoms with Crippen LogP contribution in [0.15, 0.2) is 59.1 Å². The zero-order valence-corrected chi connectivity index (χ0v) is 16.6. The van der Waals surface area contributed by atoms with Crippen molar-refractivity contribution in [1.82, 2.24) is 15.5 Å². The first-order valence-corrected chi connectivity index (χ1v) is 9.32. The maximum Gasteiger partial charge on any atom is 0.317 e. The van der Waals surface area contributed by atoms with E-state index in [1.165, 1.54) is 0 Å². The predicted octanol–water partition coefficient (Wildman–Crippen LogP) is 3.86. The topological polar surface area (TPSA) is 61.4 Å². The smallest absolute Gasteiger partial charge is 0.317 e. The number of rotatable bonds is 7. The summed E-state index contributed by atoms with van der Waals surface area (Å²) >= 11 is 3.43. The normalized spacial score (nSPS) is 11.5. The zero-order chi connectivity index (χ0) is 18.9. The summed E-state index contributed by atoms with van der Waals surface area (Å²) in [6, 6.07) is 17.3. The van der Waals surface area contributed by atoms with Crippen molar-refractivity contribution >= 4 is 27.9 Å². The van der Waals surface area contributed by atoms with E-state index in [-0.39, 0.29) is 24.4 Å². The Morgan fingerprint density at radius 1 is 1.12 bits per heavy atom. The summed E-state index contributed by atoms with van der Waals surface area (Å²) in [5.74, 6) is -0.0940. The summed E-state index contributed by atoms with van der Waals surface area (Å²) in [7, 11) is 1.73. The lowest BCUT2D eigenvalue weighted by atomic mass is 10.1. The maximum atomic E-state index is 12.1. The molecule has 0 saturated carbocycles. The second-order valence-corrected chi connectivity index (χ2v) is 7.08. The van der Waals surface area contributed by atoms with Crippen molar-refractivity contribution in [2.45, 2.75) is 25.9 Å². The average Bonchev–Trinajstić information content (AvgIpc) is 2.62. The molecule has 0 aliphatic rings. The Labute approximate surface area is 162 Å². The average molecular weight is 418 g/mol. The number of carbonyl (C=O) groups excluding carboxylic acids is 2. The minimum absolute atomic E-state index is 0.0866. The number of hydrogen-bond acceptors (Lipinski definition) is 2. The van der Waals surface area contributed by atoms with Gasteiger partial charge in [-0.25, -0.2) is 4.79 Å². The first-order valence-electron chi connectivity index (χ1n) is 8.53. The number of nitrogens with zero attached hydrogens (tertiary/aromatic N) is 1. The van der Waals surface area contributed by atoms with Gasteiger partial charge in [-0.3, -0.25) is 4.79 Å². The highest BCUT2D eigenvalue weighted by atomic mass is 79.9. The van der Waals surface area contributed by atoms with Crippen LogP contribution in [-0.2, 0) is 11.3 Å². The summed E-state index contributed by atoms with van der Waals surface area (Å²) in [5.41, 5.74) is 2.09. The second-order valence-electron chi connectivity index (χ2n) is 6.17. The third kappa shape index (κ3) is 6.52. The van der Waals surface area contributed by atoms with E-state index < -0.39 is 0 Å². The van der Waals surface area contributed by atoms with Gasteiger partial charge in [-0.2, -0.15) is 0 Å². The van der Waals surface area contributed by atoms with Gasteiger partial charge >= 0.3 is 6.03 Å². The molecule has 0 fully saturated rings. The molecule has 2 aromatic carbocycles. The lowest BCUT2D eigenvalue weighted by molar-refractivity contribution is -0.121. The molecule has 0 aliphatic heterocycles. The quantitative estimate of drug-likeness (QED) is 0.718. The van der Waals surface area contributed by atoms with Gasteiger partial charge in [0.05, 0.1) is 6.04 Å². The highest BCUT2D eigenvalue weighted by Gasteiger charge is 2.12. The van der Waals surface area contributed by atoms with Gasteiger partial charge in [0.2, 0.25) is 5.91 Å². The van der Waals surface area contributed by atoms with Crippen molar-refractivity contribution in [3.63, 3.8) is 0 Å². The van der Waals surface area contributed by atoms with Crippen molar-refractivity contribution in [3.05, 3.63) is 70.2 Å². The Bertz CT molecular complexity index is 737. The molecule has 2 aromatic rings. The predicted molar refractivity (Wildman–Crippen MR) is 107 cm³/mol. The van der Waals surface area contributed by atoms with Crippen LogP contribution in [0.25, 0.3) is 0 Å². The largest absolute Gasteiger partial charge is 0.350 e. The molecule has 0 aliphatic carbocycles. The van der Waals surface area contributed by atoms with Crippen LogP contribution >= 0.6 is 15.9 Å². The molecule has 3 amide bonds. The van der Waals surface area contributed by atoms with Crippen molar-refractivity contribution < 1.29 is 9.59 Å². The first-order chi connectivity index (χ1) is 12.5. The fourth-order valence-corrected chi connectivity index (χ4v) is 2.94. The zero-order valence-electron chi connectivity index (χ0n) is 15.0. The van der Waals surface area contributed by atoms with Crippen LogP contribution in [0.4, 0.5) is 4.79 Å². The van der Waals surface area contributed by atoms with Gasteiger partial charge in [0.1, 0.15) is 0 Å². The van der Waals surface area contributed by atoms with Gasteiger partial charge in [0.25, 0.3) is 0 Å². The van der Waals surface area contributed by atoms with Gasteiger partial charge in [-0.15, -0.1) is 0 Å². The number of nitrogens with one attached hydrogen (secondary N) is 2. The van der Waals surface area contributed by atoms with Gasteiger partial charge < -0.3 is 15.5 Å². The molecular formula is C20H24BrN3O2. The second kappa shape index (κ2) is 9.97. The first kappa shape index (κ1) is 20.0. The third-order valence-electron chi connectivity index (χ3n) is 3.96. The van der Waals surface area contributed by atoms with E-state index >= 15 is 0 Å². The Hall–Kier alpha value is -2.34. The number of halogens is 1. The Morgan fingerprint density at radius 3 is 2.54 bits per heavy atom. The fourth-order valence-electron chi connectivity index (χ4n) is 2.52. The summed E-state index contributed by atoms with van der Waals surface area (Å²) in [5, 5.41) is 5.72. The molecule has 0 radical (unpaired) electrons. The molecule has 0 heterocycles. The van der Waals surface area contributed by atoms with Crippen LogP contribution in [-0.4, -0.2) is 30.4 Å². The lowest BCUT2D eigenvalue weighted by Crippen LogP contribution is -2.39. The van der Waals surface area contributed by atoms with Crippen molar-refractivity contribution in [3.8, 4) is 0 Å². The minimum Gasteiger partial charge on any atom is -0.350 e. The number of urea groups is 1. The molecule has 138 valence electrons.